The molecule has 0 atom stereocenters. The maximum Gasteiger partial charge on any atom is 0.149 e. The van der Waals surface area contributed by atoms with Crippen molar-refractivity contribution in [1.82, 2.24) is 9.78 Å². The Morgan fingerprint density at radius 2 is 2.29 bits per heavy atom. The number of sulfone groups is 1. The van der Waals surface area contributed by atoms with Crippen molar-refractivity contribution >= 4 is 27.4 Å². The zero-order valence-electron chi connectivity index (χ0n) is 8.10. The third-order valence-electron chi connectivity index (χ3n) is 1.67. The molecule has 0 aliphatic rings. The number of rotatable bonds is 4. The van der Waals surface area contributed by atoms with Crippen molar-refractivity contribution in [3.05, 3.63) is 6.07 Å². The van der Waals surface area contributed by atoms with E-state index in [2.05, 4.69) is 5.10 Å². The number of anilines is 1. The highest BCUT2D eigenvalue weighted by molar-refractivity contribution is 7.98. The first kappa shape index (κ1) is 11.4. The molecule has 0 amide bonds. The molecule has 1 aromatic heterocycles. The van der Waals surface area contributed by atoms with Gasteiger partial charge in [0.15, 0.2) is 0 Å². The predicted octanol–water partition coefficient (Wildman–Crippen LogP) is 0.232. The van der Waals surface area contributed by atoms with E-state index in [0.29, 0.717) is 12.4 Å². The molecule has 1 heterocycles. The molecule has 0 radical (unpaired) electrons. The van der Waals surface area contributed by atoms with Gasteiger partial charge in [0.25, 0.3) is 0 Å². The molecule has 7 heteroatoms. The third kappa shape index (κ3) is 3.22. The van der Waals surface area contributed by atoms with Gasteiger partial charge in [0.1, 0.15) is 20.7 Å². The van der Waals surface area contributed by atoms with Crippen molar-refractivity contribution in [2.24, 2.45) is 0 Å². The first-order valence-corrected chi connectivity index (χ1v) is 7.26. The number of nitrogens with two attached hydrogens (primary N) is 1. The number of aryl methyl sites for hydroxylation is 1. The Morgan fingerprint density at radius 3 is 2.71 bits per heavy atom. The molecule has 0 spiro atoms. The predicted molar refractivity (Wildman–Crippen MR) is 58.1 cm³/mol. The van der Waals surface area contributed by atoms with Gasteiger partial charge in [0.2, 0.25) is 0 Å². The minimum absolute atomic E-state index is 0.0622. The lowest BCUT2D eigenvalue weighted by Gasteiger charge is -2.01. The highest BCUT2D eigenvalue weighted by Crippen LogP contribution is 2.15. The summed E-state index contributed by atoms with van der Waals surface area (Å²) in [5.41, 5.74) is 5.64. The largest absolute Gasteiger partial charge is 0.384 e. The monoisotopic (exact) mass is 235 g/mol. The van der Waals surface area contributed by atoms with Crippen molar-refractivity contribution in [2.45, 2.75) is 11.6 Å². The Hall–Kier alpha value is -0.690. The molecular weight excluding hydrogens is 222 g/mol. The Balaban J connectivity index is 2.72. The van der Waals surface area contributed by atoms with Crippen LogP contribution in [0.15, 0.2) is 11.1 Å². The lowest BCUT2D eigenvalue weighted by atomic mass is 10.6. The van der Waals surface area contributed by atoms with Crippen molar-refractivity contribution in [3.63, 3.8) is 0 Å². The topological polar surface area (TPSA) is 78.0 Å². The fraction of sp³-hybridized carbons (Fsp3) is 0.571. The average molecular weight is 235 g/mol. The molecule has 0 aliphatic carbocycles. The molecule has 0 bridgehead atoms. The molecule has 0 aromatic carbocycles. The van der Waals surface area contributed by atoms with Gasteiger partial charge < -0.3 is 5.73 Å². The van der Waals surface area contributed by atoms with Crippen LogP contribution in [0.1, 0.15) is 0 Å². The molecule has 1 aromatic rings. The summed E-state index contributed by atoms with van der Waals surface area (Å²) in [7, 11) is -2.96. The summed E-state index contributed by atoms with van der Waals surface area (Å²) in [6.07, 6.45) is 3.09. The van der Waals surface area contributed by atoms with E-state index in [-0.39, 0.29) is 5.75 Å². The number of nitrogen functional groups attached to an aromatic ring is 1. The van der Waals surface area contributed by atoms with Crippen LogP contribution in [0.4, 0.5) is 5.82 Å². The van der Waals surface area contributed by atoms with Gasteiger partial charge in [-0.05, 0) is 6.26 Å². The molecule has 0 aliphatic heterocycles. The Bertz CT molecular complexity index is 411. The van der Waals surface area contributed by atoms with E-state index in [1.165, 1.54) is 22.7 Å². The minimum Gasteiger partial charge on any atom is -0.384 e. The molecule has 5 nitrogen and oxygen atoms in total. The Labute approximate surface area is 87.6 Å². The summed E-state index contributed by atoms with van der Waals surface area (Å²) in [5, 5.41) is 4.92. The zero-order valence-corrected chi connectivity index (χ0v) is 9.73. The van der Waals surface area contributed by atoms with Gasteiger partial charge in [0, 0.05) is 12.3 Å². The molecule has 80 valence electrons. The van der Waals surface area contributed by atoms with Gasteiger partial charge in [-0.25, -0.2) is 13.1 Å². The van der Waals surface area contributed by atoms with Crippen molar-refractivity contribution in [3.8, 4) is 0 Å². The fourth-order valence-electron chi connectivity index (χ4n) is 0.938. The number of thioether (sulfide) groups is 1. The summed E-state index contributed by atoms with van der Waals surface area (Å²) >= 11 is 1.48. The van der Waals surface area contributed by atoms with E-state index in [9.17, 15) is 8.42 Å². The summed E-state index contributed by atoms with van der Waals surface area (Å²) in [6.45, 7) is 0.311. The van der Waals surface area contributed by atoms with E-state index in [1.54, 1.807) is 6.07 Å². The minimum atomic E-state index is -2.96. The number of aromatic nitrogens is 2. The highest BCUT2D eigenvalue weighted by Gasteiger charge is 2.07. The zero-order chi connectivity index (χ0) is 10.8. The van der Waals surface area contributed by atoms with E-state index in [1.807, 2.05) is 6.26 Å². The molecule has 0 saturated heterocycles. The normalized spacial score (nSPS) is 11.9. The molecular formula is C7H13N3O2S2. The number of hydrogen-bond donors (Lipinski definition) is 1. The lowest BCUT2D eigenvalue weighted by Crippen LogP contribution is -2.13. The van der Waals surface area contributed by atoms with Crippen LogP contribution in [-0.2, 0) is 16.4 Å². The number of nitrogens with zero attached hydrogens (tertiary/aromatic N) is 2. The van der Waals surface area contributed by atoms with Crippen molar-refractivity contribution in [1.29, 1.82) is 0 Å². The fourth-order valence-corrected chi connectivity index (χ4v) is 1.86. The van der Waals surface area contributed by atoms with Crippen LogP contribution < -0.4 is 5.73 Å². The number of hydrogen-bond acceptors (Lipinski definition) is 5. The summed E-state index contributed by atoms with van der Waals surface area (Å²) in [5.74, 6) is 0.560. The molecule has 0 saturated carbocycles. The maximum absolute atomic E-state index is 10.9. The summed E-state index contributed by atoms with van der Waals surface area (Å²) in [6, 6.07) is 1.73. The van der Waals surface area contributed by atoms with Crippen LogP contribution in [0.25, 0.3) is 0 Å². The van der Waals surface area contributed by atoms with E-state index >= 15 is 0 Å². The third-order valence-corrected chi connectivity index (χ3v) is 3.21. The second kappa shape index (κ2) is 4.22. The van der Waals surface area contributed by atoms with Crippen molar-refractivity contribution < 1.29 is 8.42 Å². The lowest BCUT2D eigenvalue weighted by molar-refractivity contribution is 0.585. The van der Waals surface area contributed by atoms with Gasteiger partial charge in [-0.15, -0.1) is 11.8 Å². The second-order valence-corrected chi connectivity index (χ2v) is 6.05. The summed E-state index contributed by atoms with van der Waals surface area (Å²) in [4.78, 5) is 0. The quantitative estimate of drug-likeness (QED) is 0.756. The van der Waals surface area contributed by atoms with E-state index in [0.717, 1.165) is 5.03 Å². The van der Waals surface area contributed by atoms with Gasteiger partial charge in [-0.2, -0.15) is 5.10 Å². The van der Waals surface area contributed by atoms with E-state index in [4.69, 9.17) is 5.73 Å². The smallest absolute Gasteiger partial charge is 0.149 e. The van der Waals surface area contributed by atoms with Crippen LogP contribution in [0.3, 0.4) is 0 Å². The van der Waals surface area contributed by atoms with Crippen molar-refractivity contribution in [2.75, 3.05) is 24.0 Å². The van der Waals surface area contributed by atoms with Gasteiger partial charge in [-0.3, -0.25) is 0 Å². The maximum atomic E-state index is 10.9. The molecule has 14 heavy (non-hydrogen) atoms. The van der Waals surface area contributed by atoms with Crippen LogP contribution >= 0.6 is 11.8 Å². The van der Waals surface area contributed by atoms with Gasteiger partial charge in [0.05, 0.1) is 12.3 Å². The van der Waals surface area contributed by atoms with Crippen LogP contribution in [-0.4, -0.2) is 36.5 Å². The van der Waals surface area contributed by atoms with Gasteiger partial charge in [-0.1, -0.05) is 0 Å². The standard InChI is InChI=1S/C7H13N3O2S2/c1-13-7-5-6(8)10(9-7)3-4-14(2,11)12/h5H,3-4,8H2,1-2H3. The molecule has 0 unspecified atom stereocenters. The van der Waals surface area contributed by atoms with Crippen LogP contribution in [0.2, 0.25) is 0 Å². The Morgan fingerprint density at radius 1 is 1.64 bits per heavy atom. The first-order valence-electron chi connectivity index (χ1n) is 3.97. The van der Waals surface area contributed by atoms with Gasteiger partial charge >= 0.3 is 0 Å². The average Bonchev–Trinajstić information content (AvgIpc) is 2.42. The Kier molecular flexibility index (Phi) is 3.43. The van der Waals surface area contributed by atoms with E-state index < -0.39 is 9.84 Å². The second-order valence-electron chi connectivity index (χ2n) is 2.96. The van der Waals surface area contributed by atoms with Crippen LogP contribution in [0, 0.1) is 0 Å². The first-order chi connectivity index (χ1) is 6.42. The molecule has 2 N–H and O–H groups in total. The molecule has 0 fully saturated rings. The van der Waals surface area contributed by atoms with Crippen LogP contribution in [0.5, 0.6) is 0 Å². The SMILES string of the molecule is CSc1cc(N)n(CCS(C)(=O)=O)n1. The highest BCUT2D eigenvalue weighted by atomic mass is 32.2. The molecule has 1 rings (SSSR count). The summed E-state index contributed by atoms with van der Waals surface area (Å²) < 4.78 is 23.3.